The minimum Gasteiger partial charge on any atom is -0.315 e. The van der Waals surface area contributed by atoms with Gasteiger partial charge in [0, 0.05) is 14.1 Å². The van der Waals surface area contributed by atoms with Crippen LogP contribution in [0.3, 0.4) is 0 Å². The number of nitrogens with one attached hydrogen (secondary N) is 1. The van der Waals surface area contributed by atoms with Crippen molar-refractivity contribution in [1.29, 1.82) is 0 Å². The van der Waals surface area contributed by atoms with Crippen LogP contribution in [0.2, 0.25) is 0 Å². The SMILES string of the molecule is Cc1ccc2nc(NC(=O)Cn3cnc4c3c(=O)n(C)c(=O)n4C)sc2c1. The summed E-state index contributed by atoms with van der Waals surface area (Å²) in [7, 11) is 2.93. The molecule has 4 rings (SSSR count). The van der Waals surface area contributed by atoms with Crippen LogP contribution in [-0.2, 0) is 25.4 Å². The fourth-order valence-electron chi connectivity index (χ4n) is 2.92. The van der Waals surface area contributed by atoms with Crippen LogP contribution in [0.15, 0.2) is 34.1 Å². The maximum absolute atomic E-state index is 12.4. The molecule has 1 amide bonds. The van der Waals surface area contributed by atoms with E-state index in [0.717, 1.165) is 20.3 Å². The number of imidazole rings is 1. The molecule has 138 valence electrons. The number of hydrogen-bond donors (Lipinski definition) is 1. The molecule has 0 spiro atoms. The van der Waals surface area contributed by atoms with Gasteiger partial charge in [-0.25, -0.2) is 14.8 Å². The molecule has 0 aliphatic carbocycles. The molecule has 1 aromatic carbocycles. The quantitative estimate of drug-likeness (QED) is 0.567. The standard InChI is InChI=1S/C17H16N6O3S/c1-9-4-5-10-11(6-9)27-16(19-10)20-12(24)7-23-8-18-14-13(23)15(25)22(3)17(26)21(14)2/h4-6,8H,7H2,1-3H3,(H,19,20,24). The number of fused-ring (bicyclic) bond motifs is 2. The van der Waals surface area contributed by atoms with Crippen molar-refractivity contribution in [2.24, 2.45) is 14.1 Å². The summed E-state index contributed by atoms with van der Waals surface area (Å²) >= 11 is 1.39. The van der Waals surface area contributed by atoms with E-state index in [1.807, 2.05) is 25.1 Å². The van der Waals surface area contributed by atoms with Crippen LogP contribution in [-0.4, -0.2) is 29.6 Å². The fraction of sp³-hybridized carbons (Fsp3) is 0.235. The molecule has 10 heteroatoms. The number of carbonyl (C=O) groups is 1. The van der Waals surface area contributed by atoms with Crippen LogP contribution in [0.5, 0.6) is 0 Å². The zero-order valence-corrected chi connectivity index (χ0v) is 15.7. The minimum atomic E-state index is -0.492. The van der Waals surface area contributed by atoms with Crippen LogP contribution >= 0.6 is 11.3 Å². The summed E-state index contributed by atoms with van der Waals surface area (Å²) in [5.41, 5.74) is 1.43. The van der Waals surface area contributed by atoms with Gasteiger partial charge in [-0.1, -0.05) is 17.4 Å². The van der Waals surface area contributed by atoms with Crippen molar-refractivity contribution in [3.05, 3.63) is 50.9 Å². The molecule has 9 nitrogen and oxygen atoms in total. The van der Waals surface area contributed by atoms with Crippen molar-refractivity contribution in [3.8, 4) is 0 Å². The number of carbonyl (C=O) groups excluding carboxylic acids is 1. The maximum Gasteiger partial charge on any atom is 0.332 e. The Balaban J connectivity index is 1.64. The summed E-state index contributed by atoms with van der Waals surface area (Å²) < 4.78 is 4.70. The van der Waals surface area contributed by atoms with Gasteiger partial charge in [-0.15, -0.1) is 0 Å². The molecule has 3 aromatic heterocycles. The Bertz CT molecular complexity index is 1330. The Morgan fingerprint density at radius 3 is 2.78 bits per heavy atom. The molecule has 1 N–H and O–H groups in total. The van der Waals surface area contributed by atoms with E-state index < -0.39 is 11.2 Å². The molecular weight excluding hydrogens is 368 g/mol. The Morgan fingerprint density at radius 2 is 2.00 bits per heavy atom. The molecule has 0 aliphatic rings. The van der Waals surface area contributed by atoms with E-state index in [-0.39, 0.29) is 23.6 Å². The number of amides is 1. The van der Waals surface area contributed by atoms with Crippen molar-refractivity contribution >= 4 is 43.8 Å². The Hall–Kier alpha value is -3.27. The van der Waals surface area contributed by atoms with Gasteiger partial charge in [-0.2, -0.15) is 0 Å². The lowest BCUT2D eigenvalue weighted by Crippen LogP contribution is -2.37. The lowest BCUT2D eigenvalue weighted by Gasteiger charge is -2.06. The average molecular weight is 384 g/mol. The second-order valence-electron chi connectivity index (χ2n) is 6.29. The maximum atomic E-state index is 12.4. The summed E-state index contributed by atoms with van der Waals surface area (Å²) in [4.78, 5) is 45.3. The summed E-state index contributed by atoms with van der Waals surface area (Å²) in [5, 5.41) is 3.25. The monoisotopic (exact) mass is 384 g/mol. The Morgan fingerprint density at radius 1 is 1.22 bits per heavy atom. The summed E-state index contributed by atoms with van der Waals surface area (Å²) in [6.07, 6.45) is 1.38. The molecule has 0 atom stereocenters. The highest BCUT2D eigenvalue weighted by molar-refractivity contribution is 7.22. The zero-order valence-electron chi connectivity index (χ0n) is 14.9. The number of nitrogens with zero attached hydrogens (tertiary/aromatic N) is 5. The van der Waals surface area contributed by atoms with Gasteiger partial charge in [0.1, 0.15) is 6.54 Å². The van der Waals surface area contributed by atoms with Gasteiger partial charge in [0.25, 0.3) is 5.56 Å². The number of hydrogen-bond acceptors (Lipinski definition) is 6. The second-order valence-corrected chi connectivity index (χ2v) is 7.32. The first kappa shape index (κ1) is 17.2. The summed E-state index contributed by atoms with van der Waals surface area (Å²) in [6, 6.07) is 5.88. The highest BCUT2D eigenvalue weighted by atomic mass is 32.1. The van der Waals surface area contributed by atoms with Crippen LogP contribution in [0.4, 0.5) is 5.13 Å². The van der Waals surface area contributed by atoms with E-state index in [9.17, 15) is 14.4 Å². The highest BCUT2D eigenvalue weighted by Gasteiger charge is 2.16. The predicted octanol–water partition coefficient (Wildman–Crippen LogP) is 0.991. The van der Waals surface area contributed by atoms with Gasteiger partial charge < -0.3 is 9.88 Å². The molecule has 0 bridgehead atoms. The van der Waals surface area contributed by atoms with E-state index in [4.69, 9.17) is 0 Å². The average Bonchev–Trinajstić information content (AvgIpc) is 3.21. The molecule has 0 unspecified atom stereocenters. The van der Waals surface area contributed by atoms with Gasteiger partial charge in [-0.05, 0) is 24.6 Å². The first-order chi connectivity index (χ1) is 12.8. The number of benzene rings is 1. The third kappa shape index (κ3) is 2.83. The normalized spacial score (nSPS) is 11.4. The highest BCUT2D eigenvalue weighted by Crippen LogP contribution is 2.26. The fourth-order valence-corrected chi connectivity index (χ4v) is 3.90. The first-order valence-corrected chi connectivity index (χ1v) is 8.94. The molecule has 0 saturated heterocycles. The molecule has 0 aliphatic heterocycles. The van der Waals surface area contributed by atoms with Gasteiger partial charge in [0.2, 0.25) is 5.91 Å². The van der Waals surface area contributed by atoms with Crippen molar-refractivity contribution in [3.63, 3.8) is 0 Å². The molecule has 4 aromatic rings. The van der Waals surface area contributed by atoms with Gasteiger partial charge >= 0.3 is 5.69 Å². The van der Waals surface area contributed by atoms with Gasteiger partial charge in [0.05, 0.1) is 16.5 Å². The number of rotatable bonds is 3. The molecule has 3 heterocycles. The van der Waals surface area contributed by atoms with Crippen molar-refractivity contribution in [1.82, 2.24) is 23.7 Å². The Labute approximate surface area is 156 Å². The van der Waals surface area contributed by atoms with Crippen molar-refractivity contribution in [2.75, 3.05) is 5.32 Å². The van der Waals surface area contributed by atoms with Crippen LogP contribution in [0, 0.1) is 6.92 Å². The molecule has 0 saturated carbocycles. The molecule has 27 heavy (non-hydrogen) atoms. The second kappa shape index (κ2) is 6.16. The molecule has 0 radical (unpaired) electrons. The number of anilines is 1. The summed E-state index contributed by atoms with van der Waals surface area (Å²) in [5.74, 6) is -0.332. The first-order valence-electron chi connectivity index (χ1n) is 8.13. The lowest BCUT2D eigenvalue weighted by atomic mass is 10.2. The number of aromatic nitrogens is 5. The largest absolute Gasteiger partial charge is 0.332 e. The van der Waals surface area contributed by atoms with E-state index in [0.29, 0.717) is 5.13 Å². The van der Waals surface area contributed by atoms with E-state index in [1.165, 1.54) is 40.9 Å². The third-order valence-electron chi connectivity index (χ3n) is 4.32. The topological polar surface area (TPSA) is 104 Å². The number of thiazole rings is 1. The van der Waals surface area contributed by atoms with Gasteiger partial charge in [0.15, 0.2) is 16.3 Å². The zero-order chi connectivity index (χ0) is 19.3. The molecule has 0 fully saturated rings. The van der Waals surface area contributed by atoms with E-state index in [1.54, 1.807) is 0 Å². The van der Waals surface area contributed by atoms with Crippen molar-refractivity contribution < 1.29 is 4.79 Å². The predicted molar refractivity (Wildman–Crippen MR) is 103 cm³/mol. The third-order valence-corrected chi connectivity index (χ3v) is 5.26. The minimum absolute atomic E-state index is 0.112. The lowest BCUT2D eigenvalue weighted by molar-refractivity contribution is -0.116. The van der Waals surface area contributed by atoms with Crippen LogP contribution < -0.4 is 16.6 Å². The van der Waals surface area contributed by atoms with Crippen LogP contribution in [0.25, 0.3) is 21.4 Å². The van der Waals surface area contributed by atoms with Gasteiger partial charge in [-0.3, -0.25) is 18.7 Å². The number of aryl methyl sites for hydroxylation is 2. The Kier molecular flexibility index (Phi) is 3.92. The van der Waals surface area contributed by atoms with E-state index in [2.05, 4.69) is 15.3 Å². The molecular formula is C17H16N6O3S. The summed E-state index contributed by atoms with van der Waals surface area (Å²) in [6.45, 7) is 1.88. The van der Waals surface area contributed by atoms with Crippen molar-refractivity contribution in [2.45, 2.75) is 13.5 Å². The van der Waals surface area contributed by atoms with Crippen LogP contribution in [0.1, 0.15) is 5.56 Å². The smallest absolute Gasteiger partial charge is 0.315 e. The van der Waals surface area contributed by atoms with E-state index >= 15 is 0 Å².